The van der Waals surface area contributed by atoms with Crippen LogP contribution in [0.4, 0.5) is 5.69 Å². The molecule has 0 aliphatic rings. The van der Waals surface area contributed by atoms with Gasteiger partial charge in [0.25, 0.3) is 5.69 Å². The minimum atomic E-state index is -0.378. The number of hydrogen-bond acceptors (Lipinski definition) is 6. The number of rotatable bonds is 6. The van der Waals surface area contributed by atoms with Crippen LogP contribution in [0.25, 0.3) is 17.1 Å². The predicted octanol–water partition coefficient (Wildman–Crippen LogP) is 5.40. The van der Waals surface area contributed by atoms with E-state index in [9.17, 15) is 10.1 Å². The van der Waals surface area contributed by atoms with Crippen molar-refractivity contribution < 1.29 is 4.92 Å². The van der Waals surface area contributed by atoms with Crippen LogP contribution in [0.1, 0.15) is 23.3 Å². The van der Waals surface area contributed by atoms with Gasteiger partial charge in [-0.3, -0.25) is 19.7 Å². The largest absolute Gasteiger partial charge is 0.270 e. The number of pyridine rings is 1. The van der Waals surface area contributed by atoms with Gasteiger partial charge in [0.15, 0.2) is 11.0 Å². The molecule has 0 amide bonds. The number of benzene rings is 2. The van der Waals surface area contributed by atoms with Crippen molar-refractivity contribution in [1.29, 1.82) is 0 Å². The standard InChI is InChI=1S/C22H19N5O2S/c1-15-6-8-19(9-7-15)26-21(17-10-12-23-13-11-17)24-25-22(26)30-16(2)18-4-3-5-20(14-18)27(28)29/h3-14,16H,1-2H3. The minimum absolute atomic E-state index is 0.0522. The summed E-state index contributed by atoms with van der Waals surface area (Å²) in [6, 6.07) is 18.6. The van der Waals surface area contributed by atoms with Gasteiger partial charge in [-0.05, 0) is 43.7 Å². The molecule has 2 heterocycles. The highest BCUT2D eigenvalue weighted by Crippen LogP contribution is 2.37. The van der Waals surface area contributed by atoms with Crippen LogP contribution in [0.15, 0.2) is 78.2 Å². The Labute approximate surface area is 178 Å². The molecule has 0 fully saturated rings. The first-order valence-electron chi connectivity index (χ1n) is 9.37. The topological polar surface area (TPSA) is 86.7 Å². The summed E-state index contributed by atoms with van der Waals surface area (Å²) < 4.78 is 2.01. The number of nitrogens with zero attached hydrogens (tertiary/aromatic N) is 5. The van der Waals surface area contributed by atoms with Crippen LogP contribution in [0.2, 0.25) is 0 Å². The van der Waals surface area contributed by atoms with E-state index in [2.05, 4.69) is 15.2 Å². The molecule has 1 unspecified atom stereocenters. The van der Waals surface area contributed by atoms with Gasteiger partial charge in [-0.15, -0.1) is 10.2 Å². The fourth-order valence-corrected chi connectivity index (χ4v) is 4.06. The number of aromatic nitrogens is 4. The molecule has 0 saturated carbocycles. The van der Waals surface area contributed by atoms with E-state index in [1.807, 2.05) is 60.9 Å². The monoisotopic (exact) mass is 417 g/mol. The molecule has 0 N–H and O–H groups in total. The zero-order valence-corrected chi connectivity index (χ0v) is 17.3. The second-order valence-electron chi connectivity index (χ2n) is 6.83. The zero-order chi connectivity index (χ0) is 21.1. The van der Waals surface area contributed by atoms with E-state index in [0.29, 0.717) is 5.16 Å². The molecular formula is C22H19N5O2S. The van der Waals surface area contributed by atoms with Gasteiger partial charge in [0.05, 0.1) is 4.92 Å². The Morgan fingerprint density at radius 2 is 1.77 bits per heavy atom. The zero-order valence-electron chi connectivity index (χ0n) is 16.5. The number of non-ortho nitro benzene ring substituents is 1. The van der Waals surface area contributed by atoms with Gasteiger partial charge in [-0.25, -0.2) is 0 Å². The molecular weight excluding hydrogens is 398 g/mol. The Morgan fingerprint density at radius 1 is 1.03 bits per heavy atom. The third kappa shape index (κ3) is 4.08. The molecule has 0 radical (unpaired) electrons. The van der Waals surface area contributed by atoms with Crippen molar-refractivity contribution in [3.8, 4) is 17.1 Å². The van der Waals surface area contributed by atoms with Crippen molar-refractivity contribution in [2.24, 2.45) is 0 Å². The highest BCUT2D eigenvalue weighted by atomic mass is 32.2. The van der Waals surface area contributed by atoms with Gasteiger partial charge in [0, 0.05) is 41.0 Å². The van der Waals surface area contributed by atoms with Crippen molar-refractivity contribution in [2.45, 2.75) is 24.3 Å². The number of thioether (sulfide) groups is 1. The number of nitro groups is 1. The molecule has 8 heteroatoms. The third-order valence-electron chi connectivity index (χ3n) is 4.70. The van der Waals surface area contributed by atoms with Crippen LogP contribution in [0.5, 0.6) is 0 Å². The number of nitro benzene ring substituents is 1. The molecule has 1 atom stereocenters. The first-order valence-corrected chi connectivity index (χ1v) is 10.2. The molecule has 2 aromatic carbocycles. The maximum atomic E-state index is 11.1. The summed E-state index contributed by atoms with van der Waals surface area (Å²) in [6.45, 7) is 4.05. The van der Waals surface area contributed by atoms with Crippen molar-refractivity contribution >= 4 is 17.4 Å². The number of hydrogen-bond donors (Lipinski definition) is 0. The van der Waals surface area contributed by atoms with Gasteiger partial charge in [0.2, 0.25) is 0 Å². The van der Waals surface area contributed by atoms with Crippen LogP contribution in [-0.4, -0.2) is 24.7 Å². The van der Waals surface area contributed by atoms with Crippen LogP contribution in [0.3, 0.4) is 0 Å². The third-order valence-corrected chi connectivity index (χ3v) is 5.80. The molecule has 30 heavy (non-hydrogen) atoms. The molecule has 0 aliphatic heterocycles. The second kappa shape index (κ2) is 8.46. The van der Waals surface area contributed by atoms with Gasteiger partial charge in [0.1, 0.15) is 0 Å². The van der Waals surface area contributed by atoms with Gasteiger partial charge in [-0.1, -0.05) is 41.6 Å². The summed E-state index contributed by atoms with van der Waals surface area (Å²) in [5.41, 5.74) is 3.96. The molecule has 150 valence electrons. The highest BCUT2D eigenvalue weighted by molar-refractivity contribution is 7.99. The van der Waals surface area contributed by atoms with E-state index in [4.69, 9.17) is 0 Å². The fraction of sp³-hybridized carbons (Fsp3) is 0.136. The summed E-state index contributed by atoms with van der Waals surface area (Å²) in [7, 11) is 0. The SMILES string of the molecule is Cc1ccc(-n2c(SC(C)c3cccc([N+](=O)[O-])c3)nnc2-c2ccncc2)cc1. The molecule has 0 spiro atoms. The van der Waals surface area contributed by atoms with E-state index in [0.717, 1.165) is 28.2 Å². The summed E-state index contributed by atoms with van der Waals surface area (Å²) in [5, 5.41) is 20.7. The molecule has 4 aromatic rings. The van der Waals surface area contributed by atoms with E-state index < -0.39 is 0 Å². The molecule has 4 rings (SSSR count). The van der Waals surface area contributed by atoms with Crippen molar-refractivity contribution in [3.63, 3.8) is 0 Å². The second-order valence-corrected chi connectivity index (χ2v) is 8.13. The minimum Gasteiger partial charge on any atom is -0.270 e. The lowest BCUT2D eigenvalue weighted by Crippen LogP contribution is -2.01. The Hall–Kier alpha value is -3.52. The van der Waals surface area contributed by atoms with E-state index in [1.165, 1.54) is 17.8 Å². The fourth-order valence-electron chi connectivity index (χ4n) is 3.08. The highest BCUT2D eigenvalue weighted by Gasteiger charge is 2.20. The lowest BCUT2D eigenvalue weighted by Gasteiger charge is -2.14. The summed E-state index contributed by atoms with van der Waals surface area (Å²) in [4.78, 5) is 14.8. The normalized spacial score (nSPS) is 11.9. The van der Waals surface area contributed by atoms with E-state index in [-0.39, 0.29) is 15.9 Å². The molecule has 0 saturated heterocycles. The Bertz CT molecular complexity index is 1180. The molecule has 0 aliphatic carbocycles. The van der Waals surface area contributed by atoms with Crippen molar-refractivity contribution in [3.05, 3.63) is 94.3 Å². The average Bonchev–Trinajstić information content (AvgIpc) is 3.18. The van der Waals surface area contributed by atoms with Crippen molar-refractivity contribution in [1.82, 2.24) is 19.7 Å². The lowest BCUT2D eigenvalue weighted by atomic mass is 10.1. The van der Waals surface area contributed by atoms with Crippen LogP contribution < -0.4 is 0 Å². The van der Waals surface area contributed by atoms with Gasteiger partial charge >= 0.3 is 0 Å². The summed E-state index contributed by atoms with van der Waals surface area (Å²) >= 11 is 1.51. The predicted molar refractivity (Wildman–Crippen MR) is 117 cm³/mol. The maximum absolute atomic E-state index is 11.1. The number of aryl methyl sites for hydroxylation is 1. The Balaban J connectivity index is 1.75. The lowest BCUT2D eigenvalue weighted by molar-refractivity contribution is -0.384. The van der Waals surface area contributed by atoms with Crippen LogP contribution in [0, 0.1) is 17.0 Å². The van der Waals surface area contributed by atoms with Gasteiger partial charge in [-0.2, -0.15) is 0 Å². The van der Waals surface area contributed by atoms with E-state index >= 15 is 0 Å². The molecule has 7 nitrogen and oxygen atoms in total. The first kappa shape index (κ1) is 19.8. The maximum Gasteiger partial charge on any atom is 0.269 e. The summed E-state index contributed by atoms with van der Waals surface area (Å²) in [5.74, 6) is 0.718. The Morgan fingerprint density at radius 3 is 2.47 bits per heavy atom. The molecule has 0 bridgehead atoms. The van der Waals surface area contributed by atoms with Crippen molar-refractivity contribution in [2.75, 3.05) is 0 Å². The Kier molecular flexibility index (Phi) is 5.58. The molecule has 2 aromatic heterocycles. The quantitative estimate of drug-likeness (QED) is 0.237. The van der Waals surface area contributed by atoms with E-state index in [1.54, 1.807) is 24.5 Å². The average molecular weight is 417 g/mol. The summed E-state index contributed by atoms with van der Waals surface area (Å²) in [6.07, 6.45) is 3.45. The van der Waals surface area contributed by atoms with Gasteiger partial charge < -0.3 is 0 Å². The van der Waals surface area contributed by atoms with Crippen LogP contribution in [-0.2, 0) is 0 Å². The van der Waals surface area contributed by atoms with Crippen LogP contribution >= 0.6 is 11.8 Å². The first-order chi connectivity index (χ1) is 14.5. The smallest absolute Gasteiger partial charge is 0.269 e.